The number of carbonyl (C=O) groups excluding carboxylic acids is 2. The fourth-order valence-corrected chi connectivity index (χ4v) is 1.91. The lowest BCUT2D eigenvalue weighted by atomic mass is 10.1. The molecule has 1 aromatic carbocycles. The molecule has 0 saturated heterocycles. The molecule has 0 atom stereocenters. The molecule has 0 spiro atoms. The van der Waals surface area contributed by atoms with Crippen molar-refractivity contribution in [1.82, 2.24) is 0 Å². The Hall–Kier alpha value is -2.04. The van der Waals surface area contributed by atoms with Crippen molar-refractivity contribution < 1.29 is 19.1 Å². The first-order valence-electron chi connectivity index (χ1n) is 6.04. The molecule has 0 aromatic heterocycles. The van der Waals surface area contributed by atoms with Crippen LogP contribution in [-0.4, -0.2) is 24.7 Å². The van der Waals surface area contributed by atoms with E-state index in [0.717, 1.165) is 10.5 Å². The zero-order valence-corrected chi connectivity index (χ0v) is 11.5. The molecule has 0 aliphatic carbocycles. The summed E-state index contributed by atoms with van der Waals surface area (Å²) in [6.07, 6.45) is -0.442. The smallest absolute Gasteiger partial charge is 0.421 e. The van der Waals surface area contributed by atoms with Crippen LogP contribution in [0.5, 0.6) is 5.75 Å². The van der Waals surface area contributed by atoms with E-state index >= 15 is 0 Å². The van der Waals surface area contributed by atoms with E-state index in [2.05, 4.69) is 0 Å². The van der Waals surface area contributed by atoms with Gasteiger partial charge in [0.15, 0.2) is 0 Å². The molecule has 2 amide bonds. The van der Waals surface area contributed by atoms with E-state index in [1.54, 1.807) is 39.0 Å². The average molecular weight is 263 g/mol. The summed E-state index contributed by atoms with van der Waals surface area (Å²) in [5.74, 6) is 0.319. The highest BCUT2D eigenvalue weighted by Gasteiger charge is 2.35. The van der Waals surface area contributed by atoms with Crippen molar-refractivity contribution in [2.75, 3.05) is 12.0 Å². The molecule has 0 N–H and O–H groups in total. The molecule has 1 heterocycles. The van der Waals surface area contributed by atoms with Gasteiger partial charge in [-0.15, -0.1) is 0 Å². The molecule has 0 unspecified atom stereocenters. The van der Waals surface area contributed by atoms with E-state index in [9.17, 15) is 9.59 Å². The van der Waals surface area contributed by atoms with Crippen molar-refractivity contribution in [3.63, 3.8) is 0 Å². The Morgan fingerprint density at radius 3 is 2.58 bits per heavy atom. The summed E-state index contributed by atoms with van der Waals surface area (Å²) in [6, 6.07) is 5.23. The summed E-state index contributed by atoms with van der Waals surface area (Å²) in [7, 11) is 1.54. The normalized spacial score (nSPS) is 14.3. The van der Waals surface area contributed by atoms with E-state index in [0.29, 0.717) is 11.4 Å². The summed E-state index contributed by atoms with van der Waals surface area (Å²) in [5.41, 5.74) is 0.703. The van der Waals surface area contributed by atoms with Gasteiger partial charge in [0.05, 0.1) is 19.2 Å². The predicted octanol–water partition coefficient (Wildman–Crippen LogP) is 2.52. The lowest BCUT2D eigenvalue weighted by molar-refractivity contribution is -0.117. The third-order valence-electron chi connectivity index (χ3n) is 2.70. The molecule has 0 bridgehead atoms. The molecule has 102 valence electrons. The third-order valence-corrected chi connectivity index (χ3v) is 2.70. The Morgan fingerprint density at radius 2 is 2.00 bits per heavy atom. The molecular weight excluding hydrogens is 246 g/mol. The zero-order chi connectivity index (χ0) is 14.2. The van der Waals surface area contributed by atoms with Gasteiger partial charge < -0.3 is 9.47 Å². The van der Waals surface area contributed by atoms with Gasteiger partial charge >= 0.3 is 6.09 Å². The highest BCUT2D eigenvalue weighted by Crippen LogP contribution is 2.33. The van der Waals surface area contributed by atoms with Crippen LogP contribution in [0.4, 0.5) is 10.5 Å². The van der Waals surface area contributed by atoms with Gasteiger partial charge in [-0.3, -0.25) is 4.79 Å². The van der Waals surface area contributed by atoms with Crippen LogP contribution >= 0.6 is 0 Å². The highest BCUT2D eigenvalue weighted by molar-refractivity contribution is 6.17. The summed E-state index contributed by atoms with van der Waals surface area (Å²) >= 11 is 0. The van der Waals surface area contributed by atoms with Crippen molar-refractivity contribution in [2.45, 2.75) is 32.8 Å². The number of hydrogen-bond donors (Lipinski definition) is 0. The molecule has 5 heteroatoms. The molecular formula is C14H17NO4. The van der Waals surface area contributed by atoms with Crippen LogP contribution in [-0.2, 0) is 16.0 Å². The SMILES string of the molecule is COc1ccc2c(c1)N(C(=O)OC(C)(C)C)C(=O)C2. The summed E-state index contributed by atoms with van der Waals surface area (Å²) in [5, 5.41) is 0. The van der Waals surface area contributed by atoms with Crippen LogP contribution in [0.3, 0.4) is 0 Å². The fraction of sp³-hybridized carbons (Fsp3) is 0.429. The van der Waals surface area contributed by atoms with E-state index < -0.39 is 11.7 Å². The maximum absolute atomic E-state index is 12.1. The minimum Gasteiger partial charge on any atom is -0.497 e. The Balaban J connectivity index is 2.33. The van der Waals surface area contributed by atoms with Crippen LogP contribution in [0.1, 0.15) is 26.3 Å². The van der Waals surface area contributed by atoms with Gasteiger partial charge in [0.25, 0.3) is 0 Å². The molecule has 1 aliphatic rings. The maximum atomic E-state index is 12.1. The van der Waals surface area contributed by atoms with Crippen LogP contribution in [0, 0.1) is 0 Å². The predicted molar refractivity (Wildman–Crippen MR) is 70.4 cm³/mol. The van der Waals surface area contributed by atoms with Gasteiger partial charge in [0.2, 0.25) is 5.91 Å². The molecule has 19 heavy (non-hydrogen) atoms. The van der Waals surface area contributed by atoms with Gasteiger partial charge in [-0.05, 0) is 32.4 Å². The number of anilines is 1. The monoisotopic (exact) mass is 263 g/mol. The average Bonchev–Trinajstić information content (AvgIpc) is 2.61. The number of benzene rings is 1. The highest BCUT2D eigenvalue weighted by atomic mass is 16.6. The third kappa shape index (κ3) is 2.70. The van der Waals surface area contributed by atoms with Crippen LogP contribution < -0.4 is 9.64 Å². The minimum absolute atomic E-state index is 0.207. The number of ether oxygens (including phenoxy) is 2. The van der Waals surface area contributed by atoms with Crippen molar-refractivity contribution in [1.29, 1.82) is 0 Å². The number of methoxy groups -OCH3 is 1. The number of hydrogen-bond acceptors (Lipinski definition) is 4. The molecule has 5 nitrogen and oxygen atoms in total. The first kappa shape index (κ1) is 13.4. The quantitative estimate of drug-likeness (QED) is 0.781. The van der Waals surface area contributed by atoms with Crippen LogP contribution in [0.2, 0.25) is 0 Å². The summed E-state index contributed by atoms with van der Waals surface area (Å²) < 4.78 is 10.4. The van der Waals surface area contributed by atoms with Crippen molar-refractivity contribution in [3.05, 3.63) is 23.8 Å². The lowest BCUT2D eigenvalue weighted by Gasteiger charge is -2.23. The molecule has 0 fully saturated rings. The number of carbonyl (C=O) groups is 2. The fourth-order valence-electron chi connectivity index (χ4n) is 1.91. The zero-order valence-electron chi connectivity index (χ0n) is 11.5. The lowest BCUT2D eigenvalue weighted by Crippen LogP contribution is -2.38. The molecule has 2 rings (SSSR count). The largest absolute Gasteiger partial charge is 0.497 e. The van der Waals surface area contributed by atoms with Gasteiger partial charge in [-0.2, -0.15) is 0 Å². The second-order valence-electron chi connectivity index (χ2n) is 5.38. The maximum Gasteiger partial charge on any atom is 0.421 e. The molecule has 1 aromatic rings. The standard InChI is InChI=1S/C14H17NO4/c1-14(2,3)19-13(17)15-11-8-10(18-4)6-5-9(11)7-12(15)16/h5-6,8H,7H2,1-4H3. The number of nitrogens with zero attached hydrogens (tertiary/aromatic N) is 1. The Kier molecular flexibility index (Phi) is 3.22. The minimum atomic E-state index is -0.649. The molecule has 0 saturated carbocycles. The molecule has 0 radical (unpaired) electrons. The topological polar surface area (TPSA) is 55.8 Å². The van der Waals surface area contributed by atoms with E-state index in [-0.39, 0.29) is 12.3 Å². The number of fused-ring (bicyclic) bond motifs is 1. The van der Waals surface area contributed by atoms with Gasteiger partial charge in [-0.25, -0.2) is 9.69 Å². The van der Waals surface area contributed by atoms with Gasteiger partial charge in [0, 0.05) is 6.07 Å². The Bertz CT molecular complexity index is 531. The van der Waals surface area contributed by atoms with Crippen molar-refractivity contribution in [3.8, 4) is 5.75 Å². The van der Waals surface area contributed by atoms with Crippen molar-refractivity contribution >= 4 is 17.7 Å². The van der Waals surface area contributed by atoms with E-state index in [1.807, 2.05) is 0 Å². The number of imide groups is 1. The van der Waals surface area contributed by atoms with E-state index in [1.165, 1.54) is 7.11 Å². The second-order valence-corrected chi connectivity index (χ2v) is 5.38. The van der Waals surface area contributed by atoms with Crippen LogP contribution in [0.15, 0.2) is 18.2 Å². The summed E-state index contributed by atoms with van der Waals surface area (Å²) in [4.78, 5) is 25.1. The summed E-state index contributed by atoms with van der Waals surface area (Å²) in [6.45, 7) is 5.29. The number of amides is 2. The molecule has 1 aliphatic heterocycles. The first-order valence-corrected chi connectivity index (χ1v) is 6.04. The Morgan fingerprint density at radius 1 is 1.32 bits per heavy atom. The van der Waals surface area contributed by atoms with Gasteiger partial charge in [0.1, 0.15) is 11.4 Å². The van der Waals surface area contributed by atoms with Crippen LogP contribution in [0.25, 0.3) is 0 Å². The first-order chi connectivity index (χ1) is 8.81. The second kappa shape index (κ2) is 4.57. The van der Waals surface area contributed by atoms with Crippen molar-refractivity contribution in [2.24, 2.45) is 0 Å². The van der Waals surface area contributed by atoms with Gasteiger partial charge in [-0.1, -0.05) is 6.07 Å². The Labute approximate surface area is 112 Å². The van der Waals surface area contributed by atoms with E-state index in [4.69, 9.17) is 9.47 Å². The number of rotatable bonds is 1.